The molecular formula is C26H35O3P. The summed E-state index contributed by atoms with van der Waals surface area (Å²) in [5, 5.41) is 10.4. The van der Waals surface area contributed by atoms with Gasteiger partial charge in [-0.05, 0) is 67.9 Å². The lowest BCUT2D eigenvalue weighted by atomic mass is 9.83. The Bertz CT molecular complexity index is 836. The summed E-state index contributed by atoms with van der Waals surface area (Å²) in [7, 11) is 2.81. The van der Waals surface area contributed by atoms with E-state index in [9.17, 15) is 5.11 Å². The van der Waals surface area contributed by atoms with Crippen molar-refractivity contribution in [3.8, 4) is 17.2 Å². The Morgan fingerprint density at radius 1 is 1.10 bits per heavy atom. The summed E-state index contributed by atoms with van der Waals surface area (Å²) in [5.41, 5.74) is 2.12. The second kappa shape index (κ2) is 10.9. The lowest BCUT2D eigenvalue weighted by molar-refractivity contribution is 0.217. The van der Waals surface area contributed by atoms with E-state index in [4.69, 9.17) is 9.47 Å². The zero-order valence-corrected chi connectivity index (χ0v) is 19.6. The van der Waals surface area contributed by atoms with Crippen molar-refractivity contribution in [2.75, 3.05) is 0 Å². The molecule has 4 heteroatoms. The number of hydrogen-bond acceptors (Lipinski definition) is 3. The fourth-order valence-corrected chi connectivity index (χ4v) is 4.16. The topological polar surface area (TPSA) is 38.7 Å². The van der Waals surface area contributed by atoms with Crippen molar-refractivity contribution in [1.29, 1.82) is 0 Å². The van der Waals surface area contributed by atoms with Gasteiger partial charge in [-0.15, -0.1) is 0 Å². The molecule has 0 bridgehead atoms. The molecule has 0 aromatic heterocycles. The van der Waals surface area contributed by atoms with Gasteiger partial charge in [-0.3, -0.25) is 0 Å². The molecular weight excluding hydrogens is 391 g/mol. The third-order valence-electron chi connectivity index (χ3n) is 6.02. The lowest BCUT2D eigenvalue weighted by Gasteiger charge is -2.24. The van der Waals surface area contributed by atoms with Crippen LogP contribution in [0.3, 0.4) is 0 Å². The van der Waals surface area contributed by atoms with Crippen molar-refractivity contribution in [2.24, 2.45) is 11.8 Å². The van der Waals surface area contributed by atoms with Gasteiger partial charge in [-0.2, -0.15) is 0 Å². The van der Waals surface area contributed by atoms with E-state index < -0.39 is 0 Å². The van der Waals surface area contributed by atoms with Crippen molar-refractivity contribution in [3.63, 3.8) is 0 Å². The quantitative estimate of drug-likeness (QED) is 0.491. The van der Waals surface area contributed by atoms with Gasteiger partial charge in [0.25, 0.3) is 0 Å². The van der Waals surface area contributed by atoms with Gasteiger partial charge < -0.3 is 14.6 Å². The van der Waals surface area contributed by atoms with Gasteiger partial charge in [0.1, 0.15) is 23.9 Å². The van der Waals surface area contributed by atoms with Gasteiger partial charge in [0.2, 0.25) is 0 Å². The van der Waals surface area contributed by atoms with Crippen LogP contribution >= 0.6 is 9.24 Å². The minimum absolute atomic E-state index is 0.138. The van der Waals surface area contributed by atoms with E-state index in [-0.39, 0.29) is 11.9 Å². The maximum Gasteiger partial charge on any atom is 0.137 e. The Balaban J connectivity index is 1.78. The molecule has 30 heavy (non-hydrogen) atoms. The number of rotatable bonds is 8. The fraction of sp³-hybridized carbons (Fsp3) is 0.462. The van der Waals surface area contributed by atoms with Crippen LogP contribution in [0.2, 0.25) is 0 Å². The zero-order valence-electron chi connectivity index (χ0n) is 18.4. The minimum Gasteiger partial charge on any atom is -0.508 e. The minimum atomic E-state index is 0.138. The average molecular weight is 427 g/mol. The molecule has 2 aromatic carbocycles. The van der Waals surface area contributed by atoms with Gasteiger partial charge in [0, 0.05) is 5.56 Å². The fourth-order valence-electron chi connectivity index (χ4n) is 3.74. The molecule has 3 rings (SSSR count). The van der Waals surface area contributed by atoms with Gasteiger partial charge in [-0.1, -0.05) is 60.2 Å². The molecule has 1 N–H and O–H groups in total. The van der Waals surface area contributed by atoms with Crippen molar-refractivity contribution in [1.82, 2.24) is 0 Å². The summed E-state index contributed by atoms with van der Waals surface area (Å²) in [6.45, 7) is 7.04. The lowest BCUT2D eigenvalue weighted by Crippen LogP contribution is -2.16. The summed E-state index contributed by atoms with van der Waals surface area (Å²) in [4.78, 5) is 0. The molecule has 0 amide bonds. The van der Waals surface area contributed by atoms with Crippen LogP contribution in [0.25, 0.3) is 6.08 Å². The smallest absolute Gasteiger partial charge is 0.137 e. The molecule has 0 spiro atoms. The van der Waals surface area contributed by atoms with Crippen LogP contribution in [-0.4, -0.2) is 11.2 Å². The number of hydrogen-bond donors (Lipinski definition) is 1. The molecule has 162 valence electrons. The van der Waals surface area contributed by atoms with Crippen LogP contribution < -0.4 is 14.8 Å². The third kappa shape index (κ3) is 6.25. The van der Waals surface area contributed by atoms with E-state index in [1.165, 1.54) is 25.7 Å². The third-order valence-corrected chi connectivity index (χ3v) is 6.57. The highest BCUT2D eigenvalue weighted by molar-refractivity contribution is 7.28. The predicted octanol–water partition coefficient (Wildman–Crippen LogP) is 6.49. The number of phenolic OH excluding ortho intramolecular Hbond substituents is 1. The average Bonchev–Trinajstić information content (AvgIpc) is 2.75. The molecule has 0 radical (unpaired) electrons. The van der Waals surface area contributed by atoms with E-state index in [1.807, 2.05) is 18.2 Å². The van der Waals surface area contributed by atoms with E-state index in [2.05, 4.69) is 48.2 Å². The van der Waals surface area contributed by atoms with Crippen LogP contribution in [0.5, 0.6) is 17.2 Å². The van der Waals surface area contributed by atoms with Crippen LogP contribution in [0.1, 0.15) is 64.0 Å². The molecule has 0 aliphatic heterocycles. The number of allylic oxidation sites excluding steroid dienone is 1. The molecule has 0 saturated heterocycles. The van der Waals surface area contributed by atoms with Crippen LogP contribution in [0.15, 0.2) is 42.5 Å². The van der Waals surface area contributed by atoms with Gasteiger partial charge in [0.05, 0.1) is 11.4 Å². The number of ether oxygens (including phenoxy) is 2. The second-order valence-electron chi connectivity index (χ2n) is 8.57. The summed E-state index contributed by atoms with van der Waals surface area (Å²) in [6.07, 6.45) is 10.9. The van der Waals surface area contributed by atoms with Crippen LogP contribution in [0, 0.1) is 11.8 Å². The van der Waals surface area contributed by atoms with Crippen LogP contribution in [0.4, 0.5) is 0 Å². The zero-order chi connectivity index (χ0) is 21.5. The highest BCUT2D eigenvalue weighted by Crippen LogP contribution is 2.32. The molecule has 1 fully saturated rings. The first-order valence-electron chi connectivity index (χ1n) is 11.1. The van der Waals surface area contributed by atoms with E-state index in [0.717, 1.165) is 40.3 Å². The normalized spacial score (nSPS) is 20.3. The molecule has 1 aliphatic carbocycles. The monoisotopic (exact) mass is 426 g/mol. The SMILES string of the molecule is CCC(C)Oc1c(/C=C/C2CCC(C)CC2)ccc(OCc2ccc(O)cc2)c1P. The summed E-state index contributed by atoms with van der Waals surface area (Å²) < 4.78 is 12.4. The van der Waals surface area contributed by atoms with E-state index in [1.54, 1.807) is 12.1 Å². The number of phenols is 1. The second-order valence-corrected chi connectivity index (χ2v) is 9.14. The van der Waals surface area contributed by atoms with Crippen LogP contribution in [-0.2, 0) is 6.61 Å². The molecule has 3 nitrogen and oxygen atoms in total. The molecule has 2 aromatic rings. The number of aromatic hydroxyl groups is 1. The molecule has 2 unspecified atom stereocenters. The Labute approximate surface area is 183 Å². The van der Waals surface area contributed by atoms with Crippen molar-refractivity contribution in [2.45, 2.75) is 65.6 Å². The Morgan fingerprint density at radius 3 is 2.47 bits per heavy atom. The van der Waals surface area contributed by atoms with E-state index in [0.29, 0.717) is 12.5 Å². The van der Waals surface area contributed by atoms with Gasteiger partial charge >= 0.3 is 0 Å². The number of benzene rings is 2. The van der Waals surface area contributed by atoms with Gasteiger partial charge in [-0.25, -0.2) is 0 Å². The first-order valence-corrected chi connectivity index (χ1v) is 11.7. The standard InChI is InChI=1S/C26H35O3P/c1-4-19(3)29-25-22(12-9-20-7-5-18(2)6-8-20)13-16-24(26(25)30)28-17-21-10-14-23(27)15-11-21/h9-16,18-20,27H,4-8,17,30H2,1-3H3/b12-9+. The maximum atomic E-state index is 9.45. The first-order chi connectivity index (χ1) is 14.5. The maximum absolute atomic E-state index is 9.45. The van der Waals surface area contributed by atoms with Crippen molar-refractivity contribution >= 4 is 20.6 Å². The summed E-state index contributed by atoms with van der Waals surface area (Å²) in [5.74, 6) is 3.48. The first kappa shape index (κ1) is 22.7. The molecule has 1 aliphatic rings. The van der Waals surface area contributed by atoms with Crippen molar-refractivity contribution < 1.29 is 14.6 Å². The van der Waals surface area contributed by atoms with E-state index >= 15 is 0 Å². The summed E-state index contributed by atoms with van der Waals surface area (Å²) >= 11 is 0. The molecule has 1 saturated carbocycles. The Hall–Kier alpha value is -1.99. The Morgan fingerprint density at radius 2 is 1.80 bits per heavy atom. The largest absolute Gasteiger partial charge is 0.508 e. The highest BCUT2D eigenvalue weighted by Gasteiger charge is 2.17. The molecule has 0 heterocycles. The highest BCUT2D eigenvalue weighted by atomic mass is 31.0. The predicted molar refractivity (Wildman–Crippen MR) is 129 cm³/mol. The Kier molecular flexibility index (Phi) is 8.22. The molecule has 2 atom stereocenters. The van der Waals surface area contributed by atoms with Crippen molar-refractivity contribution in [3.05, 3.63) is 53.6 Å². The summed E-state index contributed by atoms with van der Waals surface area (Å²) in [6, 6.07) is 11.2. The van der Waals surface area contributed by atoms with Gasteiger partial charge in [0.15, 0.2) is 0 Å².